The average molecular weight is 366 g/mol. The summed E-state index contributed by atoms with van der Waals surface area (Å²) in [5.41, 5.74) is 2.30. The van der Waals surface area contributed by atoms with E-state index in [0.717, 1.165) is 49.8 Å². The van der Waals surface area contributed by atoms with E-state index in [-0.39, 0.29) is 29.9 Å². The van der Waals surface area contributed by atoms with E-state index in [2.05, 4.69) is 10.3 Å². The summed E-state index contributed by atoms with van der Waals surface area (Å²) in [7, 11) is 1.86. The minimum Gasteiger partial charge on any atom is -0.338 e. The Morgan fingerprint density at radius 3 is 2.52 bits per heavy atom. The van der Waals surface area contributed by atoms with Crippen LogP contribution in [0.1, 0.15) is 66.6 Å². The molecule has 4 rings (SSSR count). The number of aromatic nitrogens is 1. The molecule has 2 saturated heterocycles. The summed E-state index contributed by atoms with van der Waals surface area (Å²) in [6, 6.07) is 3.19. The third-order valence-electron chi connectivity index (χ3n) is 6.13. The molecule has 6 heteroatoms. The Labute approximate surface area is 155 Å². The summed E-state index contributed by atoms with van der Waals surface area (Å²) >= 11 is 0. The van der Waals surface area contributed by atoms with E-state index in [1.165, 1.54) is 19.3 Å². The molecule has 2 atom stereocenters. The van der Waals surface area contributed by atoms with Crippen molar-refractivity contribution in [3.63, 3.8) is 0 Å². The summed E-state index contributed by atoms with van der Waals surface area (Å²) in [6.45, 7) is 0. The largest absolute Gasteiger partial charge is 0.338 e. The third-order valence-corrected chi connectivity index (χ3v) is 6.13. The first kappa shape index (κ1) is 18.5. The number of carbonyl (C=O) groups is 1. The molecule has 0 aromatic carbocycles. The SMILES string of the molecule is CN(C(=O)c1cc2c([nH]c1=O)CCCCC2)C1CC2CCC(C1)N2.Cl. The molecule has 0 saturated carbocycles. The minimum atomic E-state index is -0.218. The van der Waals surface area contributed by atoms with Crippen molar-refractivity contribution in [2.75, 3.05) is 7.05 Å². The molecule has 2 fully saturated rings. The summed E-state index contributed by atoms with van der Waals surface area (Å²) in [5.74, 6) is -0.116. The van der Waals surface area contributed by atoms with Gasteiger partial charge in [0.05, 0.1) is 0 Å². The van der Waals surface area contributed by atoms with Gasteiger partial charge in [-0.3, -0.25) is 9.59 Å². The van der Waals surface area contributed by atoms with E-state index in [4.69, 9.17) is 0 Å². The Morgan fingerprint density at radius 1 is 1.12 bits per heavy atom. The second-order valence-electron chi connectivity index (χ2n) is 7.76. The van der Waals surface area contributed by atoms with Crippen LogP contribution in [-0.2, 0) is 12.8 Å². The van der Waals surface area contributed by atoms with Gasteiger partial charge in [-0.15, -0.1) is 12.4 Å². The normalized spacial score (nSPS) is 27.8. The fourth-order valence-corrected chi connectivity index (χ4v) is 4.71. The summed E-state index contributed by atoms with van der Waals surface area (Å²) < 4.78 is 0. The monoisotopic (exact) mass is 365 g/mol. The lowest BCUT2D eigenvalue weighted by atomic mass is 9.97. The number of piperidine rings is 1. The molecule has 5 nitrogen and oxygen atoms in total. The number of rotatable bonds is 2. The van der Waals surface area contributed by atoms with Crippen molar-refractivity contribution < 1.29 is 4.79 Å². The molecule has 1 aromatic rings. The number of amides is 1. The molecule has 3 aliphatic rings. The van der Waals surface area contributed by atoms with Gasteiger partial charge in [-0.05, 0) is 63.0 Å². The molecule has 2 bridgehead atoms. The first-order valence-electron chi connectivity index (χ1n) is 9.40. The second kappa shape index (κ2) is 7.50. The molecule has 25 heavy (non-hydrogen) atoms. The van der Waals surface area contributed by atoms with Gasteiger partial charge in [0.15, 0.2) is 0 Å². The number of carbonyl (C=O) groups excluding carboxylic acids is 1. The number of hydrogen-bond donors (Lipinski definition) is 2. The van der Waals surface area contributed by atoms with E-state index in [9.17, 15) is 9.59 Å². The van der Waals surface area contributed by atoms with Crippen molar-refractivity contribution in [3.8, 4) is 0 Å². The average Bonchev–Trinajstić information content (AvgIpc) is 2.79. The molecule has 0 spiro atoms. The quantitative estimate of drug-likeness (QED) is 0.791. The lowest BCUT2D eigenvalue weighted by molar-refractivity contribution is 0.0679. The van der Waals surface area contributed by atoms with Gasteiger partial charge in [-0.1, -0.05) is 6.42 Å². The highest BCUT2D eigenvalue weighted by Crippen LogP contribution is 2.29. The topological polar surface area (TPSA) is 65.2 Å². The first-order chi connectivity index (χ1) is 11.6. The third kappa shape index (κ3) is 3.63. The van der Waals surface area contributed by atoms with Crippen molar-refractivity contribution in [2.24, 2.45) is 0 Å². The minimum absolute atomic E-state index is 0. The zero-order valence-corrected chi connectivity index (χ0v) is 15.7. The fraction of sp³-hybridized carbons (Fsp3) is 0.684. The van der Waals surface area contributed by atoms with E-state index < -0.39 is 0 Å². The Hall–Kier alpha value is -1.33. The van der Waals surface area contributed by atoms with Crippen LogP contribution in [0.5, 0.6) is 0 Å². The van der Waals surface area contributed by atoms with Crippen LogP contribution in [0.4, 0.5) is 0 Å². The van der Waals surface area contributed by atoms with Gasteiger partial charge >= 0.3 is 0 Å². The molecule has 1 aliphatic carbocycles. The second-order valence-corrected chi connectivity index (χ2v) is 7.76. The van der Waals surface area contributed by atoms with Crippen molar-refractivity contribution in [1.29, 1.82) is 0 Å². The van der Waals surface area contributed by atoms with E-state index in [1.807, 2.05) is 18.0 Å². The van der Waals surface area contributed by atoms with Crippen LogP contribution in [-0.4, -0.2) is 41.0 Å². The summed E-state index contributed by atoms with van der Waals surface area (Å²) in [5, 5.41) is 3.61. The highest BCUT2D eigenvalue weighted by Gasteiger charge is 2.37. The lowest BCUT2D eigenvalue weighted by Gasteiger charge is -2.35. The number of fused-ring (bicyclic) bond motifs is 3. The van der Waals surface area contributed by atoms with Gasteiger partial charge in [-0.25, -0.2) is 0 Å². The predicted octanol–water partition coefficient (Wildman–Crippen LogP) is 2.42. The maximum atomic E-state index is 13.0. The van der Waals surface area contributed by atoms with E-state index >= 15 is 0 Å². The van der Waals surface area contributed by atoms with Crippen LogP contribution in [0.3, 0.4) is 0 Å². The van der Waals surface area contributed by atoms with Crippen molar-refractivity contribution in [3.05, 3.63) is 33.2 Å². The lowest BCUT2D eigenvalue weighted by Crippen LogP contribution is -2.49. The Kier molecular flexibility index (Phi) is 5.54. The van der Waals surface area contributed by atoms with Crippen LogP contribution >= 0.6 is 12.4 Å². The van der Waals surface area contributed by atoms with Gasteiger partial charge < -0.3 is 15.2 Å². The van der Waals surface area contributed by atoms with Gasteiger partial charge in [0.25, 0.3) is 11.5 Å². The molecule has 2 aliphatic heterocycles. The number of aromatic amines is 1. The van der Waals surface area contributed by atoms with Gasteiger partial charge in [-0.2, -0.15) is 0 Å². The highest BCUT2D eigenvalue weighted by atomic mass is 35.5. The van der Waals surface area contributed by atoms with Crippen LogP contribution < -0.4 is 10.9 Å². The van der Waals surface area contributed by atoms with Crippen molar-refractivity contribution >= 4 is 18.3 Å². The molecule has 1 aromatic heterocycles. The molecular weight excluding hydrogens is 338 g/mol. The first-order valence-corrected chi connectivity index (χ1v) is 9.40. The predicted molar refractivity (Wildman–Crippen MR) is 101 cm³/mol. The highest BCUT2D eigenvalue weighted by molar-refractivity contribution is 5.94. The number of aryl methyl sites for hydroxylation is 2. The van der Waals surface area contributed by atoms with Gasteiger partial charge in [0.1, 0.15) is 5.56 Å². The Balaban J connectivity index is 0.00000182. The smallest absolute Gasteiger partial charge is 0.261 e. The zero-order chi connectivity index (χ0) is 16.7. The summed E-state index contributed by atoms with van der Waals surface area (Å²) in [4.78, 5) is 30.2. The fourth-order valence-electron chi connectivity index (χ4n) is 4.71. The van der Waals surface area contributed by atoms with Gasteiger partial charge in [0.2, 0.25) is 0 Å². The number of nitrogens with one attached hydrogen (secondary N) is 2. The number of nitrogens with zero attached hydrogens (tertiary/aromatic N) is 1. The maximum Gasteiger partial charge on any atom is 0.261 e. The molecule has 0 radical (unpaired) electrons. The molecular formula is C19H28ClN3O2. The number of H-pyrrole nitrogens is 1. The van der Waals surface area contributed by atoms with Crippen LogP contribution in [0.15, 0.2) is 10.9 Å². The molecule has 138 valence electrons. The Bertz CT molecular complexity index is 690. The number of hydrogen-bond acceptors (Lipinski definition) is 3. The molecule has 2 N–H and O–H groups in total. The molecule has 3 heterocycles. The van der Waals surface area contributed by atoms with Crippen molar-refractivity contribution in [2.45, 2.75) is 75.9 Å². The molecule has 1 amide bonds. The van der Waals surface area contributed by atoms with Crippen LogP contribution in [0.2, 0.25) is 0 Å². The standard InChI is InChI=1S/C19H27N3O2.ClH/c1-22(15-10-13-7-8-14(11-15)20-13)19(24)16-9-12-5-3-2-4-6-17(12)21-18(16)23;/h9,13-15,20H,2-8,10-11H2,1H3,(H,21,23);1H. The summed E-state index contributed by atoms with van der Waals surface area (Å²) in [6.07, 6.45) is 9.76. The zero-order valence-electron chi connectivity index (χ0n) is 14.8. The Morgan fingerprint density at radius 2 is 1.80 bits per heavy atom. The number of pyridine rings is 1. The maximum absolute atomic E-state index is 13.0. The molecule has 2 unspecified atom stereocenters. The van der Waals surface area contributed by atoms with Crippen molar-refractivity contribution in [1.82, 2.24) is 15.2 Å². The van der Waals surface area contributed by atoms with E-state index in [0.29, 0.717) is 17.6 Å². The van der Waals surface area contributed by atoms with Crippen LogP contribution in [0.25, 0.3) is 0 Å². The van der Waals surface area contributed by atoms with Crippen LogP contribution in [0, 0.1) is 0 Å². The number of halogens is 1. The van der Waals surface area contributed by atoms with Gasteiger partial charge in [0, 0.05) is 30.9 Å². The van der Waals surface area contributed by atoms with E-state index in [1.54, 1.807) is 0 Å².